The average molecular weight is 334 g/mol. The number of rotatable bonds is 7. The van der Waals surface area contributed by atoms with Crippen LogP contribution in [0.2, 0.25) is 0 Å². The number of anilines is 2. The first-order valence-electron chi connectivity index (χ1n) is 8.20. The molecular weight excluding hydrogens is 312 g/mol. The van der Waals surface area contributed by atoms with Gasteiger partial charge in [-0.25, -0.2) is 4.98 Å². The molecule has 25 heavy (non-hydrogen) atoms. The third kappa shape index (κ3) is 4.47. The SMILES string of the molecule is COc1ccccc1CNc1nccc(N(C)Cc2ccccc2)n1. The Labute approximate surface area is 148 Å². The average Bonchev–Trinajstić information content (AvgIpc) is 2.67. The summed E-state index contributed by atoms with van der Waals surface area (Å²) in [5.74, 6) is 2.33. The van der Waals surface area contributed by atoms with E-state index < -0.39 is 0 Å². The fourth-order valence-corrected chi connectivity index (χ4v) is 2.61. The van der Waals surface area contributed by atoms with Crippen LogP contribution in [0.25, 0.3) is 0 Å². The second-order valence-electron chi connectivity index (χ2n) is 5.75. The molecule has 5 heteroatoms. The van der Waals surface area contributed by atoms with E-state index in [1.54, 1.807) is 13.3 Å². The first kappa shape index (κ1) is 16.8. The number of ether oxygens (including phenoxy) is 1. The molecule has 3 aromatic rings. The Morgan fingerprint density at radius 1 is 1.00 bits per heavy atom. The van der Waals surface area contributed by atoms with Gasteiger partial charge in [-0.2, -0.15) is 4.98 Å². The van der Waals surface area contributed by atoms with Gasteiger partial charge in [0.25, 0.3) is 0 Å². The van der Waals surface area contributed by atoms with Crippen molar-refractivity contribution < 1.29 is 4.74 Å². The summed E-state index contributed by atoms with van der Waals surface area (Å²) in [6.45, 7) is 1.40. The third-order valence-corrected chi connectivity index (χ3v) is 3.92. The molecule has 1 heterocycles. The predicted octanol–water partition coefficient (Wildman–Crippen LogP) is 3.73. The molecule has 1 N–H and O–H groups in total. The van der Waals surface area contributed by atoms with Crippen molar-refractivity contribution in [2.45, 2.75) is 13.1 Å². The zero-order valence-electron chi connectivity index (χ0n) is 14.5. The quantitative estimate of drug-likeness (QED) is 0.713. The zero-order chi connectivity index (χ0) is 17.5. The van der Waals surface area contributed by atoms with Crippen LogP contribution in [0.4, 0.5) is 11.8 Å². The number of hydrogen-bond donors (Lipinski definition) is 1. The highest BCUT2D eigenvalue weighted by Crippen LogP contribution is 2.19. The minimum Gasteiger partial charge on any atom is -0.496 e. The highest BCUT2D eigenvalue weighted by atomic mass is 16.5. The van der Waals surface area contributed by atoms with Crippen molar-refractivity contribution in [3.05, 3.63) is 78.0 Å². The van der Waals surface area contributed by atoms with Crippen LogP contribution in [0.3, 0.4) is 0 Å². The Bertz CT molecular complexity index is 808. The van der Waals surface area contributed by atoms with Gasteiger partial charge >= 0.3 is 0 Å². The maximum Gasteiger partial charge on any atom is 0.224 e. The smallest absolute Gasteiger partial charge is 0.224 e. The lowest BCUT2D eigenvalue weighted by atomic mass is 10.2. The number of nitrogens with zero attached hydrogens (tertiary/aromatic N) is 3. The van der Waals surface area contributed by atoms with Gasteiger partial charge in [0, 0.05) is 31.9 Å². The second-order valence-corrected chi connectivity index (χ2v) is 5.75. The van der Waals surface area contributed by atoms with Gasteiger partial charge in [0.15, 0.2) is 0 Å². The van der Waals surface area contributed by atoms with Crippen LogP contribution < -0.4 is 15.0 Å². The van der Waals surface area contributed by atoms with Crippen LogP contribution in [0.5, 0.6) is 5.75 Å². The summed E-state index contributed by atoms with van der Waals surface area (Å²) in [6.07, 6.45) is 1.77. The molecule has 2 aromatic carbocycles. The maximum atomic E-state index is 5.37. The predicted molar refractivity (Wildman–Crippen MR) is 101 cm³/mol. The molecule has 0 saturated carbocycles. The summed E-state index contributed by atoms with van der Waals surface area (Å²) in [6, 6.07) is 20.2. The van der Waals surface area contributed by atoms with Crippen LogP contribution in [-0.2, 0) is 13.1 Å². The zero-order valence-corrected chi connectivity index (χ0v) is 14.5. The van der Waals surface area contributed by atoms with Crippen molar-refractivity contribution in [3.63, 3.8) is 0 Å². The minimum absolute atomic E-state index is 0.600. The number of methoxy groups -OCH3 is 1. The highest BCUT2D eigenvalue weighted by Gasteiger charge is 2.07. The van der Waals surface area contributed by atoms with Crippen LogP contribution in [-0.4, -0.2) is 24.1 Å². The van der Waals surface area contributed by atoms with Gasteiger partial charge in [0.1, 0.15) is 11.6 Å². The molecule has 5 nitrogen and oxygen atoms in total. The number of benzene rings is 2. The first-order valence-corrected chi connectivity index (χ1v) is 8.20. The largest absolute Gasteiger partial charge is 0.496 e. The molecule has 0 radical (unpaired) electrons. The van der Waals surface area contributed by atoms with Crippen LogP contribution in [0.1, 0.15) is 11.1 Å². The molecular formula is C20H22N4O. The topological polar surface area (TPSA) is 50.3 Å². The third-order valence-electron chi connectivity index (χ3n) is 3.92. The van der Waals surface area contributed by atoms with E-state index in [4.69, 9.17) is 4.74 Å². The van der Waals surface area contributed by atoms with Gasteiger partial charge < -0.3 is 15.0 Å². The van der Waals surface area contributed by atoms with Gasteiger partial charge in [-0.05, 0) is 17.7 Å². The van der Waals surface area contributed by atoms with Crippen LogP contribution in [0, 0.1) is 0 Å². The van der Waals surface area contributed by atoms with E-state index in [0.29, 0.717) is 12.5 Å². The number of para-hydroxylation sites is 1. The lowest BCUT2D eigenvalue weighted by Crippen LogP contribution is -2.18. The van der Waals surface area contributed by atoms with Gasteiger partial charge in [-0.15, -0.1) is 0 Å². The summed E-state index contributed by atoms with van der Waals surface area (Å²) in [5.41, 5.74) is 2.31. The van der Waals surface area contributed by atoms with Gasteiger partial charge in [-0.3, -0.25) is 0 Å². The standard InChI is InChI=1S/C20H22N4O/c1-24(15-16-8-4-3-5-9-16)19-12-13-21-20(23-19)22-14-17-10-6-7-11-18(17)25-2/h3-13H,14-15H2,1-2H3,(H,21,22,23). The van der Waals surface area contributed by atoms with E-state index in [-0.39, 0.29) is 0 Å². The molecule has 3 rings (SSSR count). The number of aromatic nitrogens is 2. The Kier molecular flexibility index (Phi) is 5.46. The number of hydrogen-bond acceptors (Lipinski definition) is 5. The van der Waals surface area contributed by atoms with Crippen molar-refractivity contribution in [3.8, 4) is 5.75 Å². The van der Waals surface area contributed by atoms with E-state index in [0.717, 1.165) is 23.7 Å². The summed E-state index contributed by atoms with van der Waals surface area (Å²) in [5, 5.41) is 3.27. The molecule has 0 aliphatic carbocycles. The first-order chi connectivity index (χ1) is 12.3. The number of nitrogens with one attached hydrogen (secondary N) is 1. The van der Waals surface area contributed by atoms with E-state index in [9.17, 15) is 0 Å². The van der Waals surface area contributed by atoms with E-state index in [1.807, 2.05) is 55.6 Å². The molecule has 0 saturated heterocycles. The Hall–Kier alpha value is -3.08. The molecule has 1 aromatic heterocycles. The van der Waals surface area contributed by atoms with Crippen molar-refractivity contribution in [1.82, 2.24) is 9.97 Å². The summed E-state index contributed by atoms with van der Waals surface area (Å²) in [4.78, 5) is 11.0. The Balaban J connectivity index is 1.67. The summed E-state index contributed by atoms with van der Waals surface area (Å²) in [7, 11) is 3.70. The molecule has 0 unspecified atom stereocenters. The molecule has 128 valence electrons. The van der Waals surface area contributed by atoms with Gasteiger partial charge in [-0.1, -0.05) is 48.5 Å². The lowest BCUT2D eigenvalue weighted by Gasteiger charge is -2.19. The molecule has 0 bridgehead atoms. The van der Waals surface area contributed by atoms with E-state index >= 15 is 0 Å². The van der Waals surface area contributed by atoms with Crippen LogP contribution >= 0.6 is 0 Å². The molecule has 0 aliphatic heterocycles. The summed E-state index contributed by atoms with van der Waals surface area (Å²) < 4.78 is 5.37. The molecule has 0 spiro atoms. The highest BCUT2D eigenvalue weighted by molar-refractivity contribution is 5.43. The van der Waals surface area contributed by atoms with Crippen molar-refractivity contribution in [2.75, 3.05) is 24.4 Å². The normalized spacial score (nSPS) is 10.3. The Morgan fingerprint density at radius 3 is 2.56 bits per heavy atom. The van der Waals surface area contributed by atoms with E-state index in [2.05, 4.69) is 32.3 Å². The van der Waals surface area contributed by atoms with Crippen molar-refractivity contribution >= 4 is 11.8 Å². The summed E-state index contributed by atoms with van der Waals surface area (Å²) >= 11 is 0. The van der Waals surface area contributed by atoms with Gasteiger partial charge in [0.05, 0.1) is 7.11 Å². The molecule has 0 amide bonds. The Morgan fingerprint density at radius 2 is 1.76 bits per heavy atom. The van der Waals surface area contributed by atoms with Gasteiger partial charge in [0.2, 0.25) is 5.95 Å². The molecule has 0 atom stereocenters. The maximum absolute atomic E-state index is 5.37. The van der Waals surface area contributed by atoms with Crippen LogP contribution in [0.15, 0.2) is 66.9 Å². The fourth-order valence-electron chi connectivity index (χ4n) is 2.61. The monoisotopic (exact) mass is 334 g/mol. The second kappa shape index (κ2) is 8.15. The molecule has 0 fully saturated rings. The lowest BCUT2D eigenvalue weighted by molar-refractivity contribution is 0.410. The van der Waals surface area contributed by atoms with Crippen molar-refractivity contribution in [2.24, 2.45) is 0 Å². The minimum atomic E-state index is 0.600. The van der Waals surface area contributed by atoms with E-state index in [1.165, 1.54) is 5.56 Å². The molecule has 0 aliphatic rings. The van der Waals surface area contributed by atoms with Crippen molar-refractivity contribution in [1.29, 1.82) is 0 Å². The fraction of sp³-hybridized carbons (Fsp3) is 0.200.